The molecule has 0 unspecified atom stereocenters. The highest BCUT2D eigenvalue weighted by molar-refractivity contribution is 7.98. The summed E-state index contributed by atoms with van der Waals surface area (Å²) in [7, 11) is -3.69. The van der Waals surface area contributed by atoms with Crippen LogP contribution in [0.4, 0.5) is 16.2 Å². The van der Waals surface area contributed by atoms with E-state index in [0.717, 1.165) is 4.90 Å². The largest absolute Gasteiger partial charge is 0.325 e. The van der Waals surface area contributed by atoms with Gasteiger partial charge in [-0.05, 0) is 62.6 Å². The number of amides is 2. The predicted molar refractivity (Wildman–Crippen MR) is 107 cm³/mol. The fraction of sp³-hybridized carbons (Fsp3) is 0.278. The number of carbonyl (C=O) groups is 1. The van der Waals surface area contributed by atoms with Gasteiger partial charge >= 0.3 is 6.03 Å². The lowest BCUT2D eigenvalue weighted by molar-refractivity contribution is 0.217. The molecule has 0 saturated carbocycles. The lowest BCUT2D eigenvalue weighted by Crippen LogP contribution is -2.34. The van der Waals surface area contributed by atoms with Crippen LogP contribution < -0.4 is 10.0 Å². The van der Waals surface area contributed by atoms with Crippen LogP contribution in [0.25, 0.3) is 0 Å². The zero-order chi connectivity index (χ0) is 19.2. The van der Waals surface area contributed by atoms with Crippen molar-refractivity contribution in [2.75, 3.05) is 29.4 Å². The Morgan fingerprint density at radius 3 is 2.27 bits per heavy atom. The summed E-state index contributed by atoms with van der Waals surface area (Å²) in [4.78, 5) is 14.8. The second-order valence-corrected chi connectivity index (χ2v) is 8.03. The highest BCUT2D eigenvalue weighted by Gasteiger charge is 2.15. The molecule has 6 nitrogen and oxygen atoms in total. The molecule has 8 heteroatoms. The van der Waals surface area contributed by atoms with Gasteiger partial charge in [0, 0.05) is 29.4 Å². The molecule has 2 amide bonds. The summed E-state index contributed by atoms with van der Waals surface area (Å²) in [5.74, 6) is 0. The molecular formula is C18H23N3O3S2. The molecule has 26 heavy (non-hydrogen) atoms. The molecule has 0 aromatic heterocycles. The number of sulfonamides is 1. The Labute approximate surface area is 159 Å². The Balaban J connectivity index is 2.12. The quantitative estimate of drug-likeness (QED) is 0.695. The van der Waals surface area contributed by atoms with Gasteiger partial charge in [0.05, 0.1) is 4.90 Å². The molecule has 0 aliphatic rings. The van der Waals surface area contributed by atoms with Gasteiger partial charge in [-0.3, -0.25) is 4.72 Å². The number of thioether (sulfide) groups is 1. The van der Waals surface area contributed by atoms with Crippen molar-refractivity contribution in [3.63, 3.8) is 0 Å². The van der Waals surface area contributed by atoms with Gasteiger partial charge in [-0.15, -0.1) is 11.8 Å². The van der Waals surface area contributed by atoms with Gasteiger partial charge < -0.3 is 10.2 Å². The predicted octanol–water partition coefficient (Wildman–Crippen LogP) is 4.08. The van der Waals surface area contributed by atoms with Gasteiger partial charge in [-0.2, -0.15) is 0 Å². The van der Waals surface area contributed by atoms with Gasteiger partial charge in [0.15, 0.2) is 0 Å². The number of urea groups is 1. The molecule has 0 saturated heterocycles. The minimum absolute atomic E-state index is 0.132. The normalized spacial score (nSPS) is 11.0. The SMILES string of the molecule is CCN(CC)C(=O)Nc1ccc(S(=O)(=O)Nc2cccc(SC)c2)cc1. The maximum atomic E-state index is 12.5. The number of hydrogen-bond acceptors (Lipinski definition) is 4. The highest BCUT2D eigenvalue weighted by atomic mass is 32.2. The summed E-state index contributed by atoms with van der Waals surface area (Å²) >= 11 is 1.54. The molecule has 2 rings (SSSR count). The summed E-state index contributed by atoms with van der Waals surface area (Å²) in [6.45, 7) is 5.01. The fourth-order valence-electron chi connectivity index (χ4n) is 2.33. The summed E-state index contributed by atoms with van der Waals surface area (Å²) in [6.07, 6.45) is 1.93. The van der Waals surface area contributed by atoms with E-state index in [1.807, 2.05) is 26.2 Å². The minimum Gasteiger partial charge on any atom is -0.325 e. The Bertz CT molecular complexity index is 848. The molecule has 0 atom stereocenters. The maximum Gasteiger partial charge on any atom is 0.321 e. The van der Waals surface area contributed by atoms with Gasteiger partial charge in [-0.1, -0.05) is 6.07 Å². The van der Waals surface area contributed by atoms with Crippen LogP contribution in [0.1, 0.15) is 13.8 Å². The fourth-order valence-corrected chi connectivity index (χ4v) is 3.84. The third-order valence-electron chi connectivity index (χ3n) is 3.79. The molecule has 0 aliphatic carbocycles. The topological polar surface area (TPSA) is 78.5 Å². The maximum absolute atomic E-state index is 12.5. The first-order valence-electron chi connectivity index (χ1n) is 8.22. The molecule has 2 N–H and O–H groups in total. The summed E-state index contributed by atoms with van der Waals surface area (Å²) in [5.41, 5.74) is 1.06. The average Bonchev–Trinajstić information content (AvgIpc) is 2.63. The molecule has 2 aromatic carbocycles. The zero-order valence-electron chi connectivity index (χ0n) is 15.0. The van der Waals surface area contributed by atoms with Crippen LogP contribution in [-0.4, -0.2) is 38.7 Å². The number of nitrogens with one attached hydrogen (secondary N) is 2. The third kappa shape index (κ3) is 5.15. The van der Waals surface area contributed by atoms with Crippen LogP contribution >= 0.6 is 11.8 Å². The summed E-state index contributed by atoms with van der Waals surface area (Å²) < 4.78 is 27.6. The number of hydrogen-bond donors (Lipinski definition) is 2. The first-order valence-corrected chi connectivity index (χ1v) is 10.9. The second-order valence-electron chi connectivity index (χ2n) is 5.46. The number of rotatable bonds is 7. The molecule has 0 heterocycles. The molecule has 0 radical (unpaired) electrons. The van der Waals surface area contributed by atoms with E-state index < -0.39 is 10.0 Å². The van der Waals surface area contributed by atoms with Crippen molar-refractivity contribution in [2.45, 2.75) is 23.6 Å². The van der Waals surface area contributed by atoms with E-state index in [1.54, 1.807) is 35.2 Å². The van der Waals surface area contributed by atoms with Crippen molar-refractivity contribution in [3.8, 4) is 0 Å². The molecule has 2 aromatic rings. The molecule has 0 aliphatic heterocycles. The summed E-state index contributed by atoms with van der Waals surface area (Å²) in [5, 5.41) is 2.76. The third-order valence-corrected chi connectivity index (χ3v) is 5.91. The minimum atomic E-state index is -3.69. The van der Waals surface area contributed by atoms with Crippen molar-refractivity contribution in [1.82, 2.24) is 4.90 Å². The van der Waals surface area contributed by atoms with Crippen LogP contribution in [0.5, 0.6) is 0 Å². The van der Waals surface area contributed by atoms with E-state index in [4.69, 9.17) is 0 Å². The van der Waals surface area contributed by atoms with E-state index >= 15 is 0 Å². The molecule has 0 spiro atoms. The Morgan fingerprint density at radius 2 is 1.69 bits per heavy atom. The van der Waals surface area contributed by atoms with Crippen molar-refractivity contribution in [3.05, 3.63) is 48.5 Å². The Morgan fingerprint density at radius 1 is 1.04 bits per heavy atom. The lowest BCUT2D eigenvalue weighted by Gasteiger charge is -2.19. The number of nitrogens with zero attached hydrogens (tertiary/aromatic N) is 1. The smallest absolute Gasteiger partial charge is 0.321 e. The summed E-state index contributed by atoms with van der Waals surface area (Å²) in [6, 6.07) is 13.1. The van der Waals surface area contributed by atoms with E-state index in [-0.39, 0.29) is 10.9 Å². The van der Waals surface area contributed by atoms with Crippen molar-refractivity contribution in [2.24, 2.45) is 0 Å². The second kappa shape index (κ2) is 8.95. The van der Waals surface area contributed by atoms with Crippen molar-refractivity contribution < 1.29 is 13.2 Å². The number of anilines is 2. The number of carbonyl (C=O) groups excluding carboxylic acids is 1. The van der Waals surface area contributed by atoms with Crippen LogP contribution in [0.2, 0.25) is 0 Å². The van der Waals surface area contributed by atoms with Crippen LogP contribution in [0.3, 0.4) is 0 Å². The highest BCUT2D eigenvalue weighted by Crippen LogP contribution is 2.22. The van der Waals surface area contributed by atoms with Crippen LogP contribution in [-0.2, 0) is 10.0 Å². The van der Waals surface area contributed by atoms with E-state index in [1.165, 1.54) is 23.9 Å². The molecule has 140 valence electrons. The van der Waals surface area contributed by atoms with E-state index in [2.05, 4.69) is 10.0 Å². The molecular weight excluding hydrogens is 370 g/mol. The average molecular weight is 394 g/mol. The first-order chi connectivity index (χ1) is 12.4. The van der Waals surface area contributed by atoms with Gasteiger partial charge in [0.1, 0.15) is 0 Å². The van der Waals surface area contributed by atoms with Crippen molar-refractivity contribution >= 4 is 39.2 Å². The van der Waals surface area contributed by atoms with E-state index in [0.29, 0.717) is 24.5 Å². The Kier molecular flexibility index (Phi) is 6.93. The van der Waals surface area contributed by atoms with E-state index in [9.17, 15) is 13.2 Å². The standard InChI is InChI=1S/C18H23N3O3S2/c1-4-21(5-2)18(22)19-14-9-11-17(12-10-14)26(23,24)20-15-7-6-8-16(13-15)25-3/h6-13,20H,4-5H2,1-3H3,(H,19,22). The van der Waals surface area contributed by atoms with Crippen molar-refractivity contribution in [1.29, 1.82) is 0 Å². The molecule has 0 bridgehead atoms. The monoisotopic (exact) mass is 393 g/mol. The van der Waals surface area contributed by atoms with Gasteiger partial charge in [0.25, 0.3) is 10.0 Å². The van der Waals surface area contributed by atoms with Crippen LogP contribution in [0.15, 0.2) is 58.3 Å². The van der Waals surface area contributed by atoms with Gasteiger partial charge in [0.2, 0.25) is 0 Å². The number of benzene rings is 2. The molecule has 0 fully saturated rings. The van der Waals surface area contributed by atoms with Gasteiger partial charge in [-0.25, -0.2) is 13.2 Å². The lowest BCUT2D eigenvalue weighted by atomic mass is 10.3. The first kappa shape index (κ1) is 20.1. The van der Waals surface area contributed by atoms with Crippen LogP contribution in [0, 0.1) is 0 Å². The Hall–Kier alpha value is -2.19. The zero-order valence-corrected chi connectivity index (χ0v) is 16.7.